The molecule has 1 rings (SSSR count). The third kappa shape index (κ3) is 1.73. The van der Waals surface area contributed by atoms with Gasteiger partial charge in [-0.05, 0) is 19.9 Å². The van der Waals surface area contributed by atoms with E-state index in [9.17, 15) is 13.6 Å². The van der Waals surface area contributed by atoms with E-state index >= 15 is 0 Å². The molecule has 1 aliphatic rings. The van der Waals surface area contributed by atoms with Crippen LogP contribution in [-0.4, -0.2) is 11.8 Å². The van der Waals surface area contributed by atoms with Gasteiger partial charge in [0.2, 0.25) is 0 Å². The Kier molecular flexibility index (Phi) is 2.55. The van der Waals surface area contributed by atoms with Crippen LogP contribution in [0.1, 0.15) is 13.8 Å². The lowest BCUT2D eigenvalue weighted by atomic mass is 10.1. The summed E-state index contributed by atoms with van der Waals surface area (Å²) in [7, 11) is 0. The number of hydrogen-bond donors (Lipinski definition) is 1. The van der Waals surface area contributed by atoms with E-state index in [2.05, 4.69) is 11.9 Å². The Morgan fingerprint density at radius 2 is 2.14 bits per heavy atom. The fraction of sp³-hybridized carbons (Fsp3) is 0.300. The molecular weight excluding hydrogens is 188 g/mol. The monoisotopic (exact) mass is 199 g/mol. The second-order valence-electron chi connectivity index (χ2n) is 3.25. The Morgan fingerprint density at radius 1 is 1.57 bits per heavy atom. The predicted molar refractivity (Wildman–Crippen MR) is 49.7 cm³/mol. The van der Waals surface area contributed by atoms with Crippen molar-refractivity contribution in [2.45, 2.75) is 19.8 Å². The van der Waals surface area contributed by atoms with Crippen molar-refractivity contribution in [3.8, 4) is 0 Å². The van der Waals surface area contributed by atoms with Crippen LogP contribution in [-0.2, 0) is 4.79 Å². The van der Waals surface area contributed by atoms with E-state index in [1.165, 1.54) is 13.0 Å². The normalized spacial score (nSPS) is 20.4. The quantitative estimate of drug-likeness (QED) is 0.678. The molecule has 1 heterocycles. The maximum Gasteiger partial charge on any atom is 0.348 e. The van der Waals surface area contributed by atoms with E-state index in [0.717, 1.165) is 5.57 Å². The third-order valence-corrected chi connectivity index (χ3v) is 1.94. The van der Waals surface area contributed by atoms with Gasteiger partial charge in [0.15, 0.2) is 0 Å². The first-order valence-electron chi connectivity index (χ1n) is 4.10. The van der Waals surface area contributed by atoms with Crippen LogP contribution in [0.15, 0.2) is 35.6 Å². The molecule has 0 fully saturated rings. The number of nitrogens with one attached hydrogen (secondary N) is 1. The Labute approximate surface area is 81.0 Å². The molecule has 0 saturated heterocycles. The molecule has 0 saturated carbocycles. The number of carbonyl (C=O) groups is 1. The average molecular weight is 199 g/mol. The standard InChI is InChI=1S/C10H11F2NO/c1-6(2)4-5-8-7(3)10(11,12)9(14)13-8/h4-5H,1H2,2-3H3,(H,13,14)/b5-4-. The number of amides is 1. The smallest absolute Gasteiger partial charge is 0.320 e. The van der Waals surface area contributed by atoms with Gasteiger partial charge in [-0.2, -0.15) is 8.78 Å². The highest BCUT2D eigenvalue weighted by atomic mass is 19.3. The third-order valence-electron chi connectivity index (χ3n) is 1.94. The van der Waals surface area contributed by atoms with Gasteiger partial charge in [0.05, 0.1) is 0 Å². The molecule has 0 spiro atoms. The molecule has 1 aliphatic heterocycles. The Balaban J connectivity index is 2.97. The van der Waals surface area contributed by atoms with Crippen molar-refractivity contribution in [1.29, 1.82) is 0 Å². The summed E-state index contributed by atoms with van der Waals surface area (Å²) in [5, 5.41) is 2.11. The molecule has 2 nitrogen and oxygen atoms in total. The van der Waals surface area contributed by atoms with Crippen molar-refractivity contribution in [3.63, 3.8) is 0 Å². The highest BCUT2D eigenvalue weighted by Crippen LogP contribution is 2.31. The summed E-state index contributed by atoms with van der Waals surface area (Å²) in [5.41, 5.74) is 0.637. The minimum atomic E-state index is -3.38. The van der Waals surface area contributed by atoms with E-state index in [4.69, 9.17) is 0 Å². The molecule has 76 valence electrons. The molecule has 4 heteroatoms. The SMILES string of the molecule is C=C(C)/C=C\C1=C(C)C(F)(F)C(=O)N1. The summed E-state index contributed by atoms with van der Waals surface area (Å²) >= 11 is 0. The van der Waals surface area contributed by atoms with Crippen molar-refractivity contribution in [1.82, 2.24) is 5.32 Å². The van der Waals surface area contributed by atoms with Gasteiger partial charge in [-0.25, -0.2) is 0 Å². The molecule has 0 atom stereocenters. The molecule has 0 aromatic heterocycles. The maximum absolute atomic E-state index is 13.0. The van der Waals surface area contributed by atoms with Crippen molar-refractivity contribution < 1.29 is 13.6 Å². The van der Waals surface area contributed by atoms with Crippen LogP contribution in [0.4, 0.5) is 8.78 Å². The second kappa shape index (κ2) is 3.36. The van der Waals surface area contributed by atoms with Gasteiger partial charge in [-0.1, -0.05) is 18.2 Å². The average Bonchev–Trinajstić information content (AvgIpc) is 2.26. The number of alkyl halides is 2. The van der Waals surface area contributed by atoms with Gasteiger partial charge in [0.25, 0.3) is 5.91 Å². The fourth-order valence-corrected chi connectivity index (χ4v) is 1.03. The zero-order valence-electron chi connectivity index (χ0n) is 8.03. The largest absolute Gasteiger partial charge is 0.348 e. The van der Waals surface area contributed by atoms with Crippen LogP contribution in [0.3, 0.4) is 0 Å². The zero-order chi connectivity index (χ0) is 10.9. The van der Waals surface area contributed by atoms with Crippen molar-refractivity contribution in [3.05, 3.63) is 35.6 Å². The lowest BCUT2D eigenvalue weighted by Crippen LogP contribution is -2.31. The number of allylic oxidation sites excluding steroid dienone is 3. The molecule has 0 radical (unpaired) electrons. The minimum absolute atomic E-state index is 0.156. The summed E-state index contributed by atoms with van der Waals surface area (Å²) < 4.78 is 26.0. The summed E-state index contributed by atoms with van der Waals surface area (Å²) in [5.74, 6) is -4.65. The molecule has 0 aromatic rings. The molecule has 0 aliphatic carbocycles. The molecule has 14 heavy (non-hydrogen) atoms. The topological polar surface area (TPSA) is 29.1 Å². The van der Waals surface area contributed by atoms with Crippen LogP contribution in [0.25, 0.3) is 0 Å². The second-order valence-corrected chi connectivity index (χ2v) is 3.25. The van der Waals surface area contributed by atoms with E-state index in [1.54, 1.807) is 13.0 Å². The first kappa shape index (κ1) is 10.6. The summed E-state index contributed by atoms with van der Waals surface area (Å²) in [6.45, 7) is 6.56. The first-order chi connectivity index (χ1) is 6.35. The van der Waals surface area contributed by atoms with Gasteiger partial charge >= 0.3 is 5.92 Å². The summed E-state index contributed by atoms with van der Waals surface area (Å²) in [6.07, 6.45) is 3.00. The van der Waals surface area contributed by atoms with Gasteiger partial charge in [0, 0.05) is 11.3 Å². The number of carbonyl (C=O) groups excluding carboxylic acids is 1. The molecule has 1 N–H and O–H groups in total. The Morgan fingerprint density at radius 3 is 2.50 bits per heavy atom. The van der Waals surface area contributed by atoms with Crippen LogP contribution < -0.4 is 5.32 Å². The van der Waals surface area contributed by atoms with Crippen molar-refractivity contribution in [2.24, 2.45) is 0 Å². The number of halogens is 2. The highest BCUT2D eigenvalue weighted by Gasteiger charge is 2.47. The van der Waals surface area contributed by atoms with Gasteiger partial charge in [-0.3, -0.25) is 4.79 Å². The van der Waals surface area contributed by atoms with Crippen molar-refractivity contribution >= 4 is 5.91 Å². The first-order valence-corrected chi connectivity index (χ1v) is 4.10. The van der Waals surface area contributed by atoms with Gasteiger partial charge < -0.3 is 5.32 Å². The van der Waals surface area contributed by atoms with E-state index in [-0.39, 0.29) is 11.3 Å². The van der Waals surface area contributed by atoms with Crippen LogP contribution in [0.5, 0.6) is 0 Å². The van der Waals surface area contributed by atoms with Gasteiger partial charge in [-0.15, -0.1) is 0 Å². The van der Waals surface area contributed by atoms with Gasteiger partial charge in [0.1, 0.15) is 0 Å². The molecular formula is C10H11F2NO. The fourth-order valence-electron chi connectivity index (χ4n) is 1.03. The van der Waals surface area contributed by atoms with Crippen molar-refractivity contribution in [2.75, 3.05) is 0 Å². The van der Waals surface area contributed by atoms with E-state index < -0.39 is 11.8 Å². The van der Waals surface area contributed by atoms with Crippen LogP contribution in [0, 0.1) is 0 Å². The lowest BCUT2D eigenvalue weighted by molar-refractivity contribution is -0.137. The Hall–Kier alpha value is -1.45. The van der Waals surface area contributed by atoms with Crippen LogP contribution in [0.2, 0.25) is 0 Å². The minimum Gasteiger partial charge on any atom is -0.320 e. The number of rotatable bonds is 2. The molecule has 0 unspecified atom stereocenters. The summed E-state index contributed by atoms with van der Waals surface area (Å²) in [4.78, 5) is 10.8. The zero-order valence-corrected chi connectivity index (χ0v) is 8.03. The van der Waals surface area contributed by atoms with E-state index in [1.807, 2.05) is 0 Å². The Bertz CT molecular complexity index is 353. The maximum atomic E-state index is 13.0. The lowest BCUT2D eigenvalue weighted by Gasteiger charge is -2.05. The highest BCUT2D eigenvalue weighted by molar-refractivity contribution is 5.92. The summed E-state index contributed by atoms with van der Waals surface area (Å²) in [6, 6.07) is 0. The van der Waals surface area contributed by atoms with Crippen LogP contribution >= 0.6 is 0 Å². The molecule has 1 amide bonds. The number of hydrogen-bond acceptors (Lipinski definition) is 1. The van der Waals surface area contributed by atoms with E-state index in [0.29, 0.717) is 0 Å². The molecule has 0 bridgehead atoms. The predicted octanol–water partition coefficient (Wildman–Crippen LogP) is 2.16. The molecule has 0 aromatic carbocycles.